The maximum Gasteiger partial charge on any atom is 0.251 e. The monoisotopic (exact) mass is 618 g/mol. The van der Waals surface area contributed by atoms with Gasteiger partial charge in [0.2, 0.25) is 0 Å². The minimum atomic E-state index is -0.497. The number of hydrogen-bond donors (Lipinski definition) is 2. The molecule has 6 atom stereocenters. The Labute approximate surface area is 267 Å². The fourth-order valence-electron chi connectivity index (χ4n) is 7.40. The van der Waals surface area contributed by atoms with E-state index in [4.69, 9.17) is 18.9 Å². The molecule has 45 heavy (non-hydrogen) atoms. The Kier molecular flexibility index (Phi) is 9.95. The van der Waals surface area contributed by atoms with Gasteiger partial charge in [-0.3, -0.25) is 9.59 Å². The van der Waals surface area contributed by atoms with Gasteiger partial charge in [-0.15, -0.1) is 0 Å². The Morgan fingerprint density at radius 1 is 0.578 bits per heavy atom. The van der Waals surface area contributed by atoms with Crippen LogP contribution in [0.1, 0.15) is 111 Å². The predicted octanol–water partition coefficient (Wildman–Crippen LogP) is 6.57. The van der Waals surface area contributed by atoms with Crippen molar-refractivity contribution in [1.29, 1.82) is 0 Å². The van der Waals surface area contributed by atoms with Crippen LogP contribution in [0.15, 0.2) is 48.5 Å². The van der Waals surface area contributed by atoms with E-state index < -0.39 is 12.6 Å². The van der Waals surface area contributed by atoms with Gasteiger partial charge < -0.3 is 29.6 Å². The van der Waals surface area contributed by atoms with Crippen molar-refractivity contribution in [3.05, 3.63) is 70.8 Å². The number of carbonyl (C=O) groups excluding carboxylic acids is 2. The lowest BCUT2D eigenvalue weighted by atomic mass is 9.78. The van der Waals surface area contributed by atoms with E-state index in [1.54, 1.807) is 0 Å². The molecule has 2 aromatic carbocycles. The molecule has 0 radical (unpaired) electrons. The summed E-state index contributed by atoms with van der Waals surface area (Å²) in [5, 5.41) is 6.49. The van der Waals surface area contributed by atoms with Crippen LogP contribution in [0, 0.1) is 29.1 Å². The standard InChI is InChI=1S/C37H50N2O6/c1-23-7-5-9-31(25(23)3)38-33(40)27-11-15-29(16-12-27)35-42-19-37(20-43-35)21-44-36(45-22-37)30-17-13-28(14-18-30)34(41)39-32-10-6-8-24(2)26(32)4/h11-18,23-26,31-32,35-36H,5-10,19-22H2,1-4H3,(H,38,40)(H,39,41). The molecule has 0 bridgehead atoms. The number of amides is 2. The summed E-state index contributed by atoms with van der Waals surface area (Å²) in [6.45, 7) is 10.8. The van der Waals surface area contributed by atoms with Crippen LogP contribution in [0.2, 0.25) is 0 Å². The molecule has 8 nitrogen and oxygen atoms in total. The summed E-state index contributed by atoms with van der Waals surface area (Å²) in [6, 6.07) is 15.5. The van der Waals surface area contributed by atoms with Crippen molar-refractivity contribution >= 4 is 11.8 Å². The first-order valence-electron chi connectivity index (χ1n) is 17.0. The molecule has 6 rings (SSSR count). The summed E-state index contributed by atoms with van der Waals surface area (Å²) in [5.41, 5.74) is 2.69. The first-order valence-corrected chi connectivity index (χ1v) is 17.0. The van der Waals surface area contributed by atoms with Crippen LogP contribution in [0.5, 0.6) is 0 Å². The fraction of sp³-hybridized carbons (Fsp3) is 0.622. The summed E-state index contributed by atoms with van der Waals surface area (Å²) in [7, 11) is 0. The highest BCUT2D eigenvalue weighted by Gasteiger charge is 2.42. The van der Waals surface area contributed by atoms with Crippen molar-refractivity contribution in [1.82, 2.24) is 10.6 Å². The highest BCUT2D eigenvalue weighted by Crippen LogP contribution is 2.38. The molecule has 1 spiro atoms. The van der Waals surface area contributed by atoms with Crippen molar-refractivity contribution in [2.45, 2.75) is 90.9 Å². The Morgan fingerprint density at radius 2 is 0.933 bits per heavy atom. The number of benzene rings is 2. The normalized spacial score (nSPS) is 35.5. The summed E-state index contributed by atoms with van der Waals surface area (Å²) in [4.78, 5) is 25.8. The lowest BCUT2D eigenvalue weighted by Crippen LogP contribution is -2.49. The van der Waals surface area contributed by atoms with Gasteiger partial charge in [-0.05, 0) is 60.8 Å². The third kappa shape index (κ3) is 7.30. The summed E-state index contributed by atoms with van der Waals surface area (Å²) >= 11 is 0. The molecule has 0 aromatic heterocycles. The molecule has 2 aliphatic carbocycles. The van der Waals surface area contributed by atoms with E-state index >= 15 is 0 Å². The van der Waals surface area contributed by atoms with E-state index in [-0.39, 0.29) is 29.3 Å². The van der Waals surface area contributed by atoms with Crippen LogP contribution >= 0.6 is 0 Å². The average molecular weight is 619 g/mol. The van der Waals surface area contributed by atoms with Gasteiger partial charge in [-0.25, -0.2) is 0 Å². The van der Waals surface area contributed by atoms with Gasteiger partial charge in [-0.1, -0.05) is 77.6 Å². The number of rotatable bonds is 6. The van der Waals surface area contributed by atoms with Crippen molar-refractivity contribution in [2.24, 2.45) is 29.1 Å². The van der Waals surface area contributed by atoms with Gasteiger partial charge in [0.25, 0.3) is 11.8 Å². The molecule has 2 N–H and O–H groups in total. The zero-order valence-corrected chi connectivity index (χ0v) is 27.3. The predicted molar refractivity (Wildman–Crippen MR) is 171 cm³/mol. The topological polar surface area (TPSA) is 95.1 Å². The molecule has 4 fully saturated rings. The zero-order valence-electron chi connectivity index (χ0n) is 27.3. The maximum atomic E-state index is 12.9. The lowest BCUT2D eigenvalue weighted by Gasteiger charge is -2.43. The molecular formula is C37H50N2O6. The van der Waals surface area contributed by atoms with Crippen LogP contribution in [0.3, 0.4) is 0 Å². The minimum absolute atomic E-state index is 0.0235. The van der Waals surface area contributed by atoms with Gasteiger partial charge >= 0.3 is 0 Å². The first-order chi connectivity index (χ1) is 21.7. The average Bonchev–Trinajstić information content (AvgIpc) is 3.06. The molecule has 2 aromatic rings. The Balaban J connectivity index is 0.961. The summed E-state index contributed by atoms with van der Waals surface area (Å²) in [5.74, 6) is 2.19. The van der Waals surface area contributed by atoms with Crippen molar-refractivity contribution in [3.8, 4) is 0 Å². The third-order valence-electron chi connectivity index (χ3n) is 11.1. The second kappa shape index (κ2) is 13.9. The highest BCUT2D eigenvalue weighted by molar-refractivity contribution is 5.95. The Hall–Kier alpha value is -2.78. The molecule has 2 saturated carbocycles. The molecule has 2 saturated heterocycles. The number of ether oxygens (including phenoxy) is 4. The van der Waals surface area contributed by atoms with Crippen molar-refractivity contribution < 1.29 is 28.5 Å². The number of hydrogen-bond acceptors (Lipinski definition) is 6. The molecule has 2 amide bonds. The second-order valence-corrected chi connectivity index (χ2v) is 14.3. The summed E-state index contributed by atoms with van der Waals surface area (Å²) < 4.78 is 24.5. The van der Waals surface area contributed by atoms with Gasteiger partial charge in [0.15, 0.2) is 12.6 Å². The second-order valence-electron chi connectivity index (χ2n) is 14.3. The fourth-order valence-corrected chi connectivity index (χ4v) is 7.40. The van der Waals surface area contributed by atoms with Crippen LogP contribution in [-0.2, 0) is 18.9 Å². The van der Waals surface area contributed by atoms with Crippen molar-refractivity contribution in [3.63, 3.8) is 0 Å². The number of carbonyl (C=O) groups is 2. The largest absolute Gasteiger partial charge is 0.349 e. The quantitative estimate of drug-likeness (QED) is 0.380. The maximum absolute atomic E-state index is 12.9. The molecule has 8 heteroatoms. The number of nitrogens with one attached hydrogen (secondary N) is 2. The Bertz CT molecular complexity index is 1190. The minimum Gasteiger partial charge on any atom is -0.349 e. The van der Waals surface area contributed by atoms with E-state index in [9.17, 15) is 9.59 Å². The smallest absolute Gasteiger partial charge is 0.251 e. The van der Waals surface area contributed by atoms with Gasteiger partial charge in [0, 0.05) is 34.3 Å². The molecule has 4 aliphatic rings. The molecular weight excluding hydrogens is 568 g/mol. The highest BCUT2D eigenvalue weighted by atomic mass is 16.7. The van der Waals surface area contributed by atoms with Gasteiger partial charge in [-0.2, -0.15) is 0 Å². The van der Waals surface area contributed by atoms with Crippen LogP contribution < -0.4 is 10.6 Å². The summed E-state index contributed by atoms with van der Waals surface area (Å²) in [6.07, 6.45) is 5.88. The third-order valence-corrected chi connectivity index (χ3v) is 11.1. The van der Waals surface area contributed by atoms with Crippen molar-refractivity contribution in [2.75, 3.05) is 26.4 Å². The zero-order chi connectivity index (χ0) is 31.6. The first kappa shape index (κ1) is 32.2. The SMILES string of the molecule is CC1CCCC(NC(=O)c2ccc(C3OCC4(CO3)COC(c3ccc(C(=O)NC5CCCC(C)C5C)cc3)OC4)cc2)C1C. The van der Waals surface area contributed by atoms with Crippen LogP contribution in [-0.4, -0.2) is 50.3 Å². The molecule has 2 heterocycles. The Morgan fingerprint density at radius 3 is 1.29 bits per heavy atom. The van der Waals surface area contributed by atoms with Crippen LogP contribution in [0.25, 0.3) is 0 Å². The van der Waals surface area contributed by atoms with Crippen LogP contribution in [0.4, 0.5) is 0 Å². The van der Waals surface area contributed by atoms with E-state index in [1.165, 1.54) is 12.8 Å². The van der Waals surface area contributed by atoms with Gasteiger partial charge in [0.05, 0.1) is 31.8 Å². The van der Waals surface area contributed by atoms with Gasteiger partial charge in [0.1, 0.15) is 0 Å². The molecule has 6 unspecified atom stereocenters. The van der Waals surface area contributed by atoms with E-state index in [1.807, 2.05) is 48.5 Å². The lowest BCUT2D eigenvalue weighted by molar-refractivity contribution is -0.307. The molecule has 244 valence electrons. The van der Waals surface area contributed by atoms with E-state index in [0.29, 0.717) is 61.2 Å². The molecule has 2 aliphatic heterocycles. The van der Waals surface area contributed by atoms with E-state index in [2.05, 4.69) is 38.3 Å². The van der Waals surface area contributed by atoms with E-state index in [0.717, 1.165) is 36.8 Å².